The van der Waals surface area contributed by atoms with Crippen LogP contribution in [-0.2, 0) is 20.9 Å². The Morgan fingerprint density at radius 2 is 1.83 bits per heavy atom. The molecule has 2 aromatic carbocycles. The minimum absolute atomic E-state index is 0.338. The largest absolute Gasteiger partial charge is 0.452 e. The molecule has 0 aliphatic heterocycles. The fraction of sp³-hybridized carbons (Fsp3) is 0.222. The van der Waals surface area contributed by atoms with E-state index in [4.69, 9.17) is 9.47 Å². The molecular weight excluding hydrogens is 313 g/mol. The summed E-state index contributed by atoms with van der Waals surface area (Å²) in [6.45, 7) is 1.74. The van der Waals surface area contributed by atoms with Gasteiger partial charge in [-0.05, 0) is 42.3 Å². The molecule has 2 rings (SSSR count). The second-order valence-electron chi connectivity index (χ2n) is 5.21. The van der Waals surface area contributed by atoms with E-state index in [9.17, 15) is 14.0 Å². The number of aryl methyl sites for hydroxylation is 1. The summed E-state index contributed by atoms with van der Waals surface area (Å²) in [4.78, 5) is 23.7. The fourth-order valence-electron chi connectivity index (χ4n) is 2.03. The van der Waals surface area contributed by atoms with E-state index in [1.165, 1.54) is 12.1 Å². The predicted molar refractivity (Wildman–Crippen MR) is 87.2 cm³/mol. The van der Waals surface area contributed by atoms with Crippen LogP contribution in [0.3, 0.4) is 0 Å². The summed E-state index contributed by atoms with van der Waals surface area (Å²) in [7, 11) is 1.58. The highest BCUT2D eigenvalue weighted by Crippen LogP contribution is 2.15. The van der Waals surface area contributed by atoms with E-state index in [-0.39, 0.29) is 0 Å². The van der Waals surface area contributed by atoms with Crippen LogP contribution in [0.15, 0.2) is 42.5 Å². The predicted octanol–water partition coefficient (Wildman–Crippen LogP) is 3.08. The quantitative estimate of drug-likeness (QED) is 0.826. The Hall–Kier alpha value is -2.73. The highest BCUT2D eigenvalue weighted by molar-refractivity contribution is 5.95. The summed E-state index contributed by atoms with van der Waals surface area (Å²) in [5.41, 5.74) is 2.32. The van der Waals surface area contributed by atoms with Crippen LogP contribution in [0, 0.1) is 12.7 Å². The van der Waals surface area contributed by atoms with E-state index in [0.29, 0.717) is 23.4 Å². The van der Waals surface area contributed by atoms with Crippen molar-refractivity contribution in [2.24, 2.45) is 0 Å². The number of rotatable bonds is 6. The number of hydrogen-bond acceptors (Lipinski definition) is 4. The standard InChI is InChI=1S/C18H18FNO4/c1-12-3-8-15(19)9-16(12)20-17(21)11-24-18(22)14-6-4-13(5-7-14)10-23-2/h3-9H,10-11H2,1-2H3,(H,20,21). The van der Waals surface area contributed by atoms with Gasteiger partial charge in [-0.15, -0.1) is 0 Å². The van der Waals surface area contributed by atoms with Crippen LogP contribution in [0.25, 0.3) is 0 Å². The SMILES string of the molecule is COCc1ccc(C(=O)OCC(=O)Nc2cc(F)ccc2C)cc1. The average Bonchev–Trinajstić information content (AvgIpc) is 2.57. The molecule has 0 aliphatic carbocycles. The number of benzene rings is 2. The summed E-state index contributed by atoms with van der Waals surface area (Å²) in [5.74, 6) is -1.60. The first-order valence-corrected chi connectivity index (χ1v) is 7.30. The minimum atomic E-state index is -0.606. The van der Waals surface area contributed by atoms with E-state index in [0.717, 1.165) is 5.56 Å². The number of anilines is 1. The maximum Gasteiger partial charge on any atom is 0.338 e. The lowest BCUT2D eigenvalue weighted by Gasteiger charge is -2.09. The zero-order chi connectivity index (χ0) is 17.5. The van der Waals surface area contributed by atoms with E-state index in [1.807, 2.05) is 0 Å². The van der Waals surface area contributed by atoms with Crippen molar-refractivity contribution in [2.75, 3.05) is 19.0 Å². The first-order valence-electron chi connectivity index (χ1n) is 7.30. The number of esters is 1. The monoisotopic (exact) mass is 331 g/mol. The van der Waals surface area contributed by atoms with E-state index in [2.05, 4.69) is 5.32 Å². The molecule has 1 N–H and O–H groups in total. The number of carbonyl (C=O) groups excluding carboxylic acids is 2. The average molecular weight is 331 g/mol. The zero-order valence-corrected chi connectivity index (χ0v) is 13.5. The first kappa shape index (κ1) is 17.6. The molecule has 0 saturated heterocycles. The van der Waals surface area contributed by atoms with Crippen molar-refractivity contribution in [3.8, 4) is 0 Å². The Bertz CT molecular complexity index is 728. The molecule has 24 heavy (non-hydrogen) atoms. The van der Waals surface area contributed by atoms with Gasteiger partial charge in [0.25, 0.3) is 5.91 Å². The molecule has 0 radical (unpaired) electrons. The third-order valence-corrected chi connectivity index (χ3v) is 3.31. The molecule has 0 unspecified atom stereocenters. The molecule has 126 valence electrons. The van der Waals surface area contributed by atoms with Crippen molar-refractivity contribution >= 4 is 17.6 Å². The Morgan fingerprint density at radius 1 is 1.12 bits per heavy atom. The Morgan fingerprint density at radius 3 is 2.50 bits per heavy atom. The maximum atomic E-state index is 13.2. The molecule has 0 saturated carbocycles. The number of hydrogen-bond donors (Lipinski definition) is 1. The lowest BCUT2D eigenvalue weighted by Crippen LogP contribution is -2.21. The smallest absolute Gasteiger partial charge is 0.338 e. The van der Waals surface area contributed by atoms with Gasteiger partial charge in [0.1, 0.15) is 5.82 Å². The van der Waals surface area contributed by atoms with E-state index >= 15 is 0 Å². The molecule has 0 spiro atoms. The summed E-state index contributed by atoms with van der Waals surface area (Å²) in [6, 6.07) is 10.8. The highest BCUT2D eigenvalue weighted by atomic mass is 19.1. The first-order chi connectivity index (χ1) is 11.5. The number of methoxy groups -OCH3 is 1. The second kappa shape index (κ2) is 8.21. The summed E-state index contributed by atoms with van der Waals surface area (Å²) in [5, 5.41) is 2.51. The second-order valence-corrected chi connectivity index (χ2v) is 5.21. The van der Waals surface area contributed by atoms with Gasteiger partial charge in [-0.25, -0.2) is 9.18 Å². The van der Waals surface area contributed by atoms with Crippen molar-refractivity contribution < 1.29 is 23.5 Å². The van der Waals surface area contributed by atoms with Crippen molar-refractivity contribution in [3.05, 3.63) is 65.0 Å². The lowest BCUT2D eigenvalue weighted by molar-refractivity contribution is -0.119. The molecular formula is C18H18FNO4. The third kappa shape index (κ3) is 4.89. The van der Waals surface area contributed by atoms with E-state index < -0.39 is 24.3 Å². The van der Waals surface area contributed by atoms with Crippen molar-refractivity contribution in [2.45, 2.75) is 13.5 Å². The highest BCUT2D eigenvalue weighted by Gasteiger charge is 2.11. The summed E-state index contributed by atoms with van der Waals surface area (Å²) in [6.07, 6.45) is 0. The molecule has 0 aliphatic rings. The van der Waals surface area contributed by atoms with Gasteiger partial charge in [0.15, 0.2) is 6.61 Å². The van der Waals surface area contributed by atoms with Gasteiger partial charge in [0, 0.05) is 12.8 Å². The number of carbonyl (C=O) groups is 2. The normalized spacial score (nSPS) is 10.3. The van der Waals surface area contributed by atoms with E-state index in [1.54, 1.807) is 44.4 Å². The molecule has 0 heterocycles. The topological polar surface area (TPSA) is 64.6 Å². The molecule has 0 atom stereocenters. The molecule has 0 fully saturated rings. The number of amides is 1. The van der Waals surface area contributed by atoms with Gasteiger partial charge in [0.2, 0.25) is 0 Å². The van der Waals surface area contributed by atoms with Gasteiger partial charge >= 0.3 is 5.97 Å². The third-order valence-electron chi connectivity index (χ3n) is 3.31. The molecule has 0 bridgehead atoms. The molecule has 6 heteroatoms. The van der Waals surface area contributed by atoms with Crippen LogP contribution in [0.2, 0.25) is 0 Å². The van der Waals surface area contributed by atoms with Crippen LogP contribution >= 0.6 is 0 Å². The molecule has 0 aromatic heterocycles. The number of ether oxygens (including phenoxy) is 2. The van der Waals surface area contributed by atoms with Gasteiger partial charge < -0.3 is 14.8 Å². The number of halogens is 1. The zero-order valence-electron chi connectivity index (χ0n) is 13.5. The Labute approximate surface area is 139 Å². The van der Waals surface area contributed by atoms with Crippen molar-refractivity contribution in [1.82, 2.24) is 0 Å². The van der Waals surface area contributed by atoms with Gasteiger partial charge in [-0.2, -0.15) is 0 Å². The van der Waals surface area contributed by atoms with Crippen LogP contribution in [0.5, 0.6) is 0 Å². The van der Waals surface area contributed by atoms with Crippen LogP contribution in [-0.4, -0.2) is 25.6 Å². The van der Waals surface area contributed by atoms with Crippen molar-refractivity contribution in [1.29, 1.82) is 0 Å². The lowest BCUT2D eigenvalue weighted by atomic mass is 10.1. The van der Waals surface area contributed by atoms with Crippen LogP contribution < -0.4 is 5.32 Å². The Balaban J connectivity index is 1.88. The summed E-state index contributed by atoms with van der Waals surface area (Å²) < 4.78 is 23.1. The molecule has 1 amide bonds. The maximum absolute atomic E-state index is 13.2. The fourth-order valence-corrected chi connectivity index (χ4v) is 2.03. The number of nitrogens with one attached hydrogen (secondary N) is 1. The van der Waals surface area contributed by atoms with Gasteiger partial charge in [0.05, 0.1) is 12.2 Å². The molecule has 5 nitrogen and oxygen atoms in total. The van der Waals surface area contributed by atoms with Crippen molar-refractivity contribution in [3.63, 3.8) is 0 Å². The Kier molecular flexibility index (Phi) is 6.03. The minimum Gasteiger partial charge on any atom is -0.452 e. The summed E-state index contributed by atoms with van der Waals surface area (Å²) >= 11 is 0. The van der Waals surface area contributed by atoms with Gasteiger partial charge in [-0.1, -0.05) is 18.2 Å². The van der Waals surface area contributed by atoms with Crippen LogP contribution in [0.4, 0.5) is 10.1 Å². The van der Waals surface area contributed by atoms with Gasteiger partial charge in [-0.3, -0.25) is 4.79 Å². The molecule has 2 aromatic rings. The van der Waals surface area contributed by atoms with Crippen LogP contribution in [0.1, 0.15) is 21.5 Å².